The van der Waals surface area contributed by atoms with Gasteiger partial charge in [0.15, 0.2) is 5.82 Å². The van der Waals surface area contributed by atoms with Crippen molar-refractivity contribution >= 4 is 33.0 Å². The van der Waals surface area contributed by atoms with Crippen molar-refractivity contribution in [2.24, 2.45) is 7.05 Å². The number of halogens is 4. The second-order valence-corrected chi connectivity index (χ2v) is 11.5. The molecule has 0 saturated carbocycles. The molecule has 0 N–H and O–H groups in total. The van der Waals surface area contributed by atoms with Gasteiger partial charge in [-0.2, -0.15) is 18.2 Å². The van der Waals surface area contributed by atoms with E-state index in [4.69, 9.17) is 0 Å². The molecule has 0 saturated heterocycles. The minimum atomic E-state index is -4.64. The molecule has 9 nitrogen and oxygen atoms in total. The Labute approximate surface area is 238 Å². The van der Waals surface area contributed by atoms with Crippen molar-refractivity contribution in [2.45, 2.75) is 37.3 Å². The molecule has 1 unspecified atom stereocenters. The first kappa shape index (κ1) is 28.1. The fraction of sp³-hybridized carbons (Fsp3) is 0.269. The Bertz CT molecular complexity index is 1670. The predicted octanol–water partition coefficient (Wildman–Crippen LogP) is 4.13. The smallest absolute Gasteiger partial charge is 0.417 e. The molecule has 2 atom stereocenters. The number of hydrogen-bond donors (Lipinski definition) is 0. The quantitative estimate of drug-likeness (QED) is 0.247. The molecule has 14 heteroatoms. The van der Waals surface area contributed by atoms with E-state index < -0.39 is 40.4 Å². The Hall–Kier alpha value is -3.49. The number of carbonyl (C=O) groups is 1. The minimum absolute atomic E-state index is 0.000102. The summed E-state index contributed by atoms with van der Waals surface area (Å²) in [6.07, 6.45) is -1.55. The molecule has 4 aromatic rings. The maximum atomic E-state index is 13.7. The van der Waals surface area contributed by atoms with E-state index in [0.29, 0.717) is 17.1 Å². The van der Waals surface area contributed by atoms with Gasteiger partial charge in [-0.15, -0.1) is 10.2 Å². The summed E-state index contributed by atoms with van der Waals surface area (Å²) in [6.45, 7) is 1.61. The maximum absolute atomic E-state index is 13.7. The highest BCUT2D eigenvalue weighted by atomic mass is 79.9. The number of hydrogen-bond acceptors (Lipinski definition) is 6. The average Bonchev–Trinajstić information content (AvgIpc) is 3.33. The monoisotopic (exact) mass is 634 g/mol. The van der Waals surface area contributed by atoms with Crippen molar-refractivity contribution in [3.05, 3.63) is 86.0 Å². The molecule has 0 bridgehead atoms. The highest BCUT2D eigenvalue weighted by Gasteiger charge is 2.36. The summed E-state index contributed by atoms with van der Waals surface area (Å²) in [4.78, 5) is 32.9. The van der Waals surface area contributed by atoms with Gasteiger partial charge in [-0.3, -0.25) is 9.59 Å². The number of carbonyl (C=O) groups excluding carboxylic acids is 1. The number of benzene rings is 2. The Morgan fingerprint density at radius 2 is 1.88 bits per heavy atom. The van der Waals surface area contributed by atoms with Crippen LogP contribution in [0.3, 0.4) is 0 Å². The van der Waals surface area contributed by atoms with Gasteiger partial charge >= 0.3 is 11.3 Å². The lowest BCUT2D eigenvalue weighted by Gasteiger charge is -2.34. The van der Waals surface area contributed by atoms with E-state index in [-0.39, 0.29) is 33.9 Å². The van der Waals surface area contributed by atoms with E-state index in [1.54, 1.807) is 49.1 Å². The molecular weight excluding hydrogens is 613 g/mol. The van der Waals surface area contributed by atoms with Crippen LogP contribution in [0.5, 0.6) is 0 Å². The number of amides is 1. The molecule has 0 spiro atoms. The van der Waals surface area contributed by atoms with Crippen LogP contribution in [0.2, 0.25) is 0 Å². The van der Waals surface area contributed by atoms with Gasteiger partial charge in [0.1, 0.15) is 12.6 Å². The molecule has 1 aliphatic heterocycles. The third-order valence-electron chi connectivity index (χ3n) is 6.71. The van der Waals surface area contributed by atoms with Gasteiger partial charge in [0.05, 0.1) is 23.5 Å². The molecule has 2 aromatic heterocycles. The van der Waals surface area contributed by atoms with Crippen LogP contribution in [0.25, 0.3) is 17.1 Å². The van der Waals surface area contributed by atoms with E-state index in [2.05, 4.69) is 31.1 Å². The zero-order chi connectivity index (χ0) is 28.9. The van der Waals surface area contributed by atoms with Crippen LogP contribution in [0, 0.1) is 0 Å². The molecule has 1 amide bonds. The zero-order valence-corrected chi connectivity index (χ0v) is 23.8. The van der Waals surface area contributed by atoms with Crippen molar-refractivity contribution in [2.75, 3.05) is 6.26 Å². The van der Waals surface area contributed by atoms with Crippen molar-refractivity contribution in [1.29, 1.82) is 0 Å². The number of alkyl halides is 3. The van der Waals surface area contributed by atoms with Crippen LogP contribution in [-0.2, 0) is 37.4 Å². The molecule has 0 aliphatic carbocycles. The molecule has 40 heavy (non-hydrogen) atoms. The molecule has 0 fully saturated rings. The van der Waals surface area contributed by atoms with Crippen LogP contribution in [-0.4, -0.2) is 52.0 Å². The third-order valence-corrected chi connectivity index (χ3v) is 8.19. The fourth-order valence-corrected chi connectivity index (χ4v) is 5.83. The standard InChI is InChI=1S/C26H22BrF3N6O3S/c1-14-10-18-21(12-35(14)23(37)16-6-9-20(27)19(11-16)26(28,29)30)32-25(40(3)39)36(24(18)38)17-7-4-15(5-8-17)22-33-31-13-34(22)2/h4-9,11,13-14H,10,12H2,1-3H3/t14-,40?/m1/s1. The second kappa shape index (κ2) is 10.5. The van der Waals surface area contributed by atoms with E-state index >= 15 is 0 Å². The Balaban J connectivity index is 1.52. The molecular formula is C26H22BrF3N6O3S. The van der Waals surface area contributed by atoms with Crippen LogP contribution in [0.4, 0.5) is 13.2 Å². The molecule has 1 aliphatic rings. The van der Waals surface area contributed by atoms with Gasteiger partial charge in [-0.05, 0) is 55.8 Å². The molecule has 0 radical (unpaired) electrons. The summed E-state index contributed by atoms with van der Waals surface area (Å²) in [6, 6.07) is 9.73. The number of aromatic nitrogens is 5. The highest BCUT2D eigenvalue weighted by molar-refractivity contribution is 9.10. The molecule has 3 heterocycles. The Kier molecular flexibility index (Phi) is 7.35. The number of aryl methyl sites for hydroxylation is 1. The van der Waals surface area contributed by atoms with Crippen LogP contribution in [0.1, 0.15) is 34.1 Å². The summed E-state index contributed by atoms with van der Waals surface area (Å²) in [5, 5.41) is 7.94. The summed E-state index contributed by atoms with van der Waals surface area (Å²) >= 11 is 1.21. The SMILES string of the molecule is C[C@@H]1Cc2c(nc([S+](C)[O-])n(-c3ccc(-c4nncn4C)cc3)c2=O)CN1C(=O)c1ccc(Br)c(C(F)(F)F)c1. The summed E-state index contributed by atoms with van der Waals surface area (Å²) in [5.74, 6) is 0.00845. The number of rotatable bonds is 4. The normalized spacial score (nSPS) is 16.1. The summed E-state index contributed by atoms with van der Waals surface area (Å²) in [7, 11) is 1.81. The van der Waals surface area contributed by atoms with Gasteiger partial charge < -0.3 is 14.0 Å². The van der Waals surface area contributed by atoms with E-state index in [0.717, 1.165) is 11.6 Å². The largest absolute Gasteiger partial charge is 0.609 e. The summed E-state index contributed by atoms with van der Waals surface area (Å²) < 4.78 is 55.9. The average molecular weight is 635 g/mol. The Morgan fingerprint density at radius 3 is 2.48 bits per heavy atom. The Morgan fingerprint density at radius 1 is 1.18 bits per heavy atom. The van der Waals surface area contributed by atoms with Crippen LogP contribution < -0.4 is 5.56 Å². The van der Waals surface area contributed by atoms with Gasteiger partial charge in [0, 0.05) is 45.4 Å². The number of fused-ring (bicyclic) bond motifs is 1. The first-order valence-corrected chi connectivity index (χ1v) is 14.3. The van der Waals surface area contributed by atoms with E-state index in [1.807, 2.05) is 0 Å². The first-order chi connectivity index (χ1) is 18.9. The van der Waals surface area contributed by atoms with Crippen LogP contribution >= 0.6 is 15.9 Å². The van der Waals surface area contributed by atoms with E-state index in [1.165, 1.54) is 27.9 Å². The predicted molar refractivity (Wildman–Crippen MR) is 144 cm³/mol. The fourth-order valence-electron chi connectivity index (χ4n) is 4.67. The second-order valence-electron chi connectivity index (χ2n) is 9.41. The lowest BCUT2D eigenvalue weighted by Crippen LogP contribution is -2.46. The van der Waals surface area contributed by atoms with Gasteiger partial charge in [-0.1, -0.05) is 15.9 Å². The zero-order valence-electron chi connectivity index (χ0n) is 21.4. The van der Waals surface area contributed by atoms with Gasteiger partial charge in [-0.25, -0.2) is 4.57 Å². The van der Waals surface area contributed by atoms with Crippen molar-refractivity contribution in [3.63, 3.8) is 0 Å². The van der Waals surface area contributed by atoms with Crippen molar-refractivity contribution < 1.29 is 22.5 Å². The highest BCUT2D eigenvalue weighted by Crippen LogP contribution is 2.36. The lowest BCUT2D eigenvalue weighted by molar-refractivity contribution is -0.138. The summed E-state index contributed by atoms with van der Waals surface area (Å²) in [5.41, 5.74) is 0.336. The molecule has 5 rings (SSSR count). The van der Waals surface area contributed by atoms with Crippen molar-refractivity contribution in [3.8, 4) is 17.1 Å². The van der Waals surface area contributed by atoms with Gasteiger partial charge in [0.25, 0.3) is 11.5 Å². The van der Waals surface area contributed by atoms with Crippen LogP contribution in [0.15, 0.2) is 63.2 Å². The first-order valence-electron chi connectivity index (χ1n) is 12.0. The van der Waals surface area contributed by atoms with Gasteiger partial charge in [0.2, 0.25) is 0 Å². The lowest BCUT2D eigenvalue weighted by atomic mass is 9.98. The molecule has 2 aromatic carbocycles. The minimum Gasteiger partial charge on any atom is -0.609 e. The topological polar surface area (TPSA) is 109 Å². The third kappa shape index (κ3) is 5.06. The molecule has 208 valence electrons. The van der Waals surface area contributed by atoms with Crippen molar-refractivity contribution in [1.82, 2.24) is 29.2 Å². The van der Waals surface area contributed by atoms with E-state index in [9.17, 15) is 27.3 Å². The maximum Gasteiger partial charge on any atom is 0.417 e. The number of nitrogens with zero attached hydrogens (tertiary/aromatic N) is 6.